The molecule has 2 aliphatic heterocycles. The molecule has 12 heteroatoms. The van der Waals surface area contributed by atoms with Gasteiger partial charge in [0.05, 0.1) is 35.1 Å². The van der Waals surface area contributed by atoms with Crippen molar-refractivity contribution in [3.05, 3.63) is 61.7 Å². The molecule has 1 amide bonds. The number of carbonyl (C=O) groups is 3. The molecule has 0 unspecified atom stereocenters. The van der Waals surface area contributed by atoms with Crippen LogP contribution in [0.15, 0.2) is 16.9 Å². The van der Waals surface area contributed by atoms with Crippen molar-refractivity contribution in [3.8, 4) is 11.4 Å². The minimum atomic E-state index is -1.96. The number of aliphatic hydroxyl groups is 1. The summed E-state index contributed by atoms with van der Waals surface area (Å²) in [7, 11) is 0. The molecule has 0 radical (unpaired) electrons. The number of carbonyl (C=O) groups excluding carboxylic acids is 1. The standard InChI is InChI=1S/C25H22FN3O6.CH2O2/c1-3-25(34)14-6-18-21-12(8-29(18)22(30)13(14)9-35-23(25)31)20-16(28-24(32)33)5-4-11-10(2)15(26)7-17(27-21)19(11)20;2-1-3/h6-7,16,28,34H,3-5,8-9H2,1-2H3,(H,32,33);1H,(H,2,3)/t16-,25-;/m0./s1. The van der Waals surface area contributed by atoms with Crippen LogP contribution < -0.4 is 10.9 Å². The SMILES string of the molecule is CC[C@@]1(O)C(=O)OCc2c1cc1n(c2=O)Cc2c-1nc1cc(F)c(C)c3c1c2[C@@H](NC(=O)O)CC3.O=CO. The van der Waals surface area contributed by atoms with E-state index in [0.717, 1.165) is 5.56 Å². The number of carboxylic acid groups (broad SMARTS) is 2. The number of fused-ring (bicyclic) bond motifs is 5. The summed E-state index contributed by atoms with van der Waals surface area (Å²) in [6, 6.07) is 2.37. The van der Waals surface area contributed by atoms with Crippen LogP contribution in [-0.4, -0.2) is 43.4 Å². The Morgan fingerprint density at radius 1 is 1.32 bits per heavy atom. The first-order valence-electron chi connectivity index (χ1n) is 12.0. The molecule has 38 heavy (non-hydrogen) atoms. The molecular weight excluding hydrogens is 501 g/mol. The number of nitrogens with zero attached hydrogens (tertiary/aromatic N) is 2. The number of aromatic nitrogens is 2. The number of ether oxygens (including phenoxy) is 1. The number of aryl methyl sites for hydroxylation is 1. The fourth-order valence-electron chi connectivity index (χ4n) is 5.85. The van der Waals surface area contributed by atoms with Crippen LogP contribution in [0.4, 0.5) is 9.18 Å². The second kappa shape index (κ2) is 8.91. The molecule has 3 aliphatic rings. The van der Waals surface area contributed by atoms with Crippen molar-refractivity contribution in [1.29, 1.82) is 0 Å². The van der Waals surface area contributed by atoms with Gasteiger partial charge < -0.3 is 29.9 Å². The summed E-state index contributed by atoms with van der Waals surface area (Å²) in [5, 5.41) is 30.7. The fraction of sp³-hybridized carbons (Fsp3) is 0.346. The van der Waals surface area contributed by atoms with Crippen LogP contribution in [0.1, 0.15) is 59.2 Å². The van der Waals surface area contributed by atoms with Gasteiger partial charge in [-0.1, -0.05) is 6.92 Å². The van der Waals surface area contributed by atoms with Gasteiger partial charge in [-0.15, -0.1) is 0 Å². The number of benzene rings is 1. The summed E-state index contributed by atoms with van der Waals surface area (Å²) in [6.07, 6.45) is -0.233. The molecule has 0 bridgehead atoms. The third-order valence-corrected chi connectivity index (χ3v) is 7.68. The second-order valence-corrected chi connectivity index (χ2v) is 9.46. The number of amides is 1. The van der Waals surface area contributed by atoms with Crippen LogP contribution in [0.3, 0.4) is 0 Å². The van der Waals surface area contributed by atoms with Crippen molar-refractivity contribution in [2.75, 3.05) is 0 Å². The Morgan fingerprint density at radius 2 is 2.03 bits per heavy atom. The molecule has 11 nitrogen and oxygen atoms in total. The van der Waals surface area contributed by atoms with E-state index < -0.39 is 35.1 Å². The molecule has 0 saturated carbocycles. The zero-order valence-electron chi connectivity index (χ0n) is 20.5. The molecule has 198 valence electrons. The van der Waals surface area contributed by atoms with Crippen molar-refractivity contribution >= 4 is 29.4 Å². The Morgan fingerprint density at radius 3 is 2.68 bits per heavy atom. The van der Waals surface area contributed by atoms with Crippen molar-refractivity contribution < 1.29 is 38.8 Å². The molecule has 1 aliphatic carbocycles. The van der Waals surface area contributed by atoms with Crippen LogP contribution in [0.5, 0.6) is 0 Å². The highest BCUT2D eigenvalue weighted by Crippen LogP contribution is 2.45. The number of nitrogens with one attached hydrogen (secondary N) is 1. The van der Waals surface area contributed by atoms with Gasteiger partial charge in [-0.3, -0.25) is 9.59 Å². The summed E-state index contributed by atoms with van der Waals surface area (Å²) in [5.41, 5.74) is 1.86. The number of esters is 1. The molecule has 2 aromatic heterocycles. The van der Waals surface area contributed by atoms with Crippen molar-refractivity contribution in [2.45, 2.75) is 57.9 Å². The van der Waals surface area contributed by atoms with E-state index in [1.54, 1.807) is 19.9 Å². The van der Waals surface area contributed by atoms with E-state index in [0.29, 0.717) is 51.8 Å². The van der Waals surface area contributed by atoms with Gasteiger partial charge in [0.1, 0.15) is 12.4 Å². The van der Waals surface area contributed by atoms with Crippen LogP contribution in [0.2, 0.25) is 0 Å². The predicted octanol–water partition coefficient (Wildman–Crippen LogP) is 2.48. The Balaban J connectivity index is 0.000000937. The first-order chi connectivity index (χ1) is 18.1. The summed E-state index contributed by atoms with van der Waals surface area (Å²) in [6.45, 7) is 2.97. The highest BCUT2D eigenvalue weighted by Gasteiger charge is 2.46. The Bertz CT molecular complexity index is 1610. The van der Waals surface area contributed by atoms with Crippen molar-refractivity contribution in [2.24, 2.45) is 0 Å². The van der Waals surface area contributed by atoms with Gasteiger partial charge in [0.25, 0.3) is 12.0 Å². The van der Waals surface area contributed by atoms with Gasteiger partial charge in [0.15, 0.2) is 5.60 Å². The Kier molecular flexibility index (Phi) is 5.94. The van der Waals surface area contributed by atoms with Gasteiger partial charge in [-0.05, 0) is 48.9 Å². The molecule has 4 N–H and O–H groups in total. The maximum absolute atomic E-state index is 14.8. The number of hydrogen-bond donors (Lipinski definition) is 4. The van der Waals surface area contributed by atoms with Gasteiger partial charge >= 0.3 is 12.1 Å². The molecule has 1 aromatic carbocycles. The zero-order chi connectivity index (χ0) is 27.5. The minimum absolute atomic E-state index is 0.0173. The maximum Gasteiger partial charge on any atom is 0.405 e. The van der Waals surface area contributed by atoms with E-state index in [1.807, 2.05) is 0 Å². The minimum Gasteiger partial charge on any atom is -0.483 e. The van der Waals surface area contributed by atoms with Crippen LogP contribution in [-0.2, 0) is 39.5 Å². The van der Waals surface area contributed by atoms with Gasteiger partial charge in [0.2, 0.25) is 0 Å². The third-order valence-electron chi connectivity index (χ3n) is 7.68. The lowest BCUT2D eigenvalue weighted by atomic mass is 9.81. The Hall–Kier alpha value is -4.32. The predicted molar refractivity (Wildman–Crippen MR) is 130 cm³/mol. The maximum atomic E-state index is 14.8. The molecule has 0 fully saturated rings. The van der Waals surface area contributed by atoms with E-state index in [2.05, 4.69) is 5.32 Å². The second-order valence-electron chi connectivity index (χ2n) is 9.46. The highest BCUT2D eigenvalue weighted by molar-refractivity contribution is 5.93. The van der Waals surface area contributed by atoms with E-state index in [4.69, 9.17) is 19.6 Å². The first kappa shape index (κ1) is 25.3. The summed E-state index contributed by atoms with van der Waals surface area (Å²) in [4.78, 5) is 50.6. The van der Waals surface area contributed by atoms with Gasteiger partial charge in [-0.25, -0.2) is 19.0 Å². The van der Waals surface area contributed by atoms with Crippen molar-refractivity contribution in [3.63, 3.8) is 0 Å². The van der Waals surface area contributed by atoms with E-state index >= 15 is 0 Å². The monoisotopic (exact) mass is 525 g/mol. The van der Waals surface area contributed by atoms with Crippen LogP contribution >= 0.6 is 0 Å². The topological polar surface area (TPSA) is 168 Å². The zero-order valence-corrected chi connectivity index (χ0v) is 20.5. The summed E-state index contributed by atoms with van der Waals surface area (Å²) < 4.78 is 21.4. The lowest BCUT2D eigenvalue weighted by molar-refractivity contribution is -0.172. The lowest BCUT2D eigenvalue weighted by Gasteiger charge is -2.31. The molecule has 2 atom stereocenters. The molecule has 4 heterocycles. The quantitative estimate of drug-likeness (QED) is 0.227. The van der Waals surface area contributed by atoms with Gasteiger partial charge in [-0.2, -0.15) is 0 Å². The first-order valence-corrected chi connectivity index (χ1v) is 12.0. The Labute approximate surface area is 214 Å². The average Bonchev–Trinajstić information content (AvgIpc) is 3.24. The van der Waals surface area contributed by atoms with Gasteiger partial charge in [0, 0.05) is 22.6 Å². The number of pyridine rings is 2. The van der Waals surface area contributed by atoms with Crippen LogP contribution in [0, 0.1) is 12.7 Å². The normalized spacial score (nSPS) is 20.4. The van der Waals surface area contributed by atoms with E-state index in [9.17, 15) is 29.0 Å². The number of hydrogen-bond acceptors (Lipinski definition) is 7. The molecule has 6 rings (SSSR count). The summed E-state index contributed by atoms with van der Waals surface area (Å²) in [5.74, 6) is -1.22. The van der Waals surface area contributed by atoms with Crippen LogP contribution in [0.25, 0.3) is 22.3 Å². The summed E-state index contributed by atoms with van der Waals surface area (Å²) >= 11 is 0. The average molecular weight is 525 g/mol. The van der Waals surface area contributed by atoms with E-state index in [-0.39, 0.29) is 37.2 Å². The largest absolute Gasteiger partial charge is 0.483 e. The fourth-order valence-corrected chi connectivity index (χ4v) is 5.85. The van der Waals surface area contributed by atoms with E-state index in [1.165, 1.54) is 10.6 Å². The number of cyclic esters (lactones) is 1. The molecule has 0 spiro atoms. The highest BCUT2D eigenvalue weighted by atomic mass is 19.1. The lowest BCUT2D eigenvalue weighted by Crippen LogP contribution is -2.44. The smallest absolute Gasteiger partial charge is 0.405 e. The molecule has 3 aromatic rings. The number of rotatable bonds is 2. The third kappa shape index (κ3) is 3.47. The molecule has 0 saturated heterocycles. The number of halogens is 1. The molecular formula is C26H24FN3O8. The van der Waals surface area contributed by atoms with Crippen molar-refractivity contribution in [1.82, 2.24) is 14.9 Å².